The number of sulfonamides is 1. The van der Waals surface area contributed by atoms with Crippen LogP contribution in [0.3, 0.4) is 0 Å². The Morgan fingerprint density at radius 2 is 1.97 bits per heavy atom. The lowest BCUT2D eigenvalue weighted by Gasteiger charge is -2.34. The van der Waals surface area contributed by atoms with E-state index in [-0.39, 0.29) is 27.3 Å². The van der Waals surface area contributed by atoms with Gasteiger partial charge in [0.15, 0.2) is 0 Å². The first-order valence-electron chi connectivity index (χ1n) is 9.85. The lowest BCUT2D eigenvalue weighted by molar-refractivity contribution is -0.134. The molecule has 3 N–H and O–H groups in total. The summed E-state index contributed by atoms with van der Waals surface area (Å²) in [6.45, 7) is 3.69. The molecule has 1 aromatic carbocycles. The largest absolute Gasteiger partial charge is 0.385 e. The predicted octanol–water partition coefficient (Wildman–Crippen LogP) is 3.37. The maximum Gasteiger partial charge on any atom is 0.244 e. The number of nitrogens with one attached hydrogen (secondary N) is 1. The minimum absolute atomic E-state index is 0.00227. The fourth-order valence-corrected chi connectivity index (χ4v) is 6.09. The van der Waals surface area contributed by atoms with Gasteiger partial charge in [-0.05, 0) is 49.4 Å². The van der Waals surface area contributed by atoms with Gasteiger partial charge in [0.05, 0.1) is 10.0 Å². The van der Waals surface area contributed by atoms with E-state index in [9.17, 15) is 13.2 Å². The van der Waals surface area contributed by atoms with Crippen LogP contribution in [0.15, 0.2) is 41.4 Å². The highest BCUT2D eigenvalue weighted by atomic mass is 35.5. The molecule has 30 heavy (non-hydrogen) atoms. The van der Waals surface area contributed by atoms with Crippen molar-refractivity contribution in [3.8, 4) is 0 Å². The first-order chi connectivity index (χ1) is 14.2. The van der Waals surface area contributed by atoms with Gasteiger partial charge in [0.2, 0.25) is 15.9 Å². The molecule has 1 aromatic heterocycles. The summed E-state index contributed by atoms with van der Waals surface area (Å²) in [6.07, 6.45) is 3.98. The summed E-state index contributed by atoms with van der Waals surface area (Å²) in [6, 6.07) is 7.05. The number of carbonyl (C=O) groups excluding carboxylic acids is 1. The summed E-state index contributed by atoms with van der Waals surface area (Å²) in [5.74, 6) is 0.668. The summed E-state index contributed by atoms with van der Waals surface area (Å²) >= 11 is 12.2. The van der Waals surface area contributed by atoms with Crippen LogP contribution in [-0.4, -0.2) is 42.9 Å². The minimum Gasteiger partial charge on any atom is -0.385 e. The molecule has 7 nitrogen and oxygen atoms in total. The maximum absolute atomic E-state index is 13.3. The second kappa shape index (κ2) is 9.60. The van der Waals surface area contributed by atoms with Gasteiger partial charge < -0.3 is 15.2 Å². The number of rotatable bonds is 7. The zero-order valence-corrected chi connectivity index (χ0v) is 19.1. The minimum atomic E-state index is -4.12. The highest BCUT2D eigenvalue weighted by molar-refractivity contribution is 7.89. The standard InChI is InChI=1S/C20H26Cl2N4O3S/c1-14-5-3-11-26(13-14)20(27)17(9-12-25-10-4-8-18(25)23)24-30(28,29)19-15(21)6-2-7-16(19)22/h2,4,6-8,10,14,17,24H,3,5,9,11-13,23H2,1H3. The fourth-order valence-electron chi connectivity index (χ4n) is 3.73. The molecule has 0 saturated carbocycles. The first-order valence-corrected chi connectivity index (χ1v) is 12.1. The molecule has 0 spiro atoms. The van der Waals surface area contributed by atoms with Crippen molar-refractivity contribution in [1.29, 1.82) is 0 Å². The Balaban J connectivity index is 1.86. The van der Waals surface area contributed by atoms with Gasteiger partial charge in [-0.2, -0.15) is 4.72 Å². The topological polar surface area (TPSA) is 97.4 Å². The van der Waals surface area contributed by atoms with Crippen LogP contribution in [0.25, 0.3) is 0 Å². The number of hydrogen-bond donors (Lipinski definition) is 2. The maximum atomic E-state index is 13.3. The Bertz CT molecular complexity index is 989. The summed E-state index contributed by atoms with van der Waals surface area (Å²) in [4.78, 5) is 14.8. The molecule has 1 saturated heterocycles. The van der Waals surface area contributed by atoms with E-state index in [1.165, 1.54) is 12.1 Å². The number of anilines is 1. The zero-order valence-electron chi connectivity index (χ0n) is 16.7. The number of halogens is 2. The Morgan fingerprint density at radius 1 is 1.27 bits per heavy atom. The molecule has 1 aliphatic rings. The van der Waals surface area contributed by atoms with Crippen molar-refractivity contribution in [2.45, 2.75) is 43.7 Å². The van der Waals surface area contributed by atoms with Crippen molar-refractivity contribution < 1.29 is 13.2 Å². The Morgan fingerprint density at radius 3 is 2.57 bits per heavy atom. The monoisotopic (exact) mass is 472 g/mol. The van der Waals surface area contributed by atoms with Gasteiger partial charge in [0.1, 0.15) is 16.8 Å². The van der Waals surface area contributed by atoms with Crippen molar-refractivity contribution in [2.24, 2.45) is 5.92 Å². The van der Waals surface area contributed by atoms with Gasteiger partial charge in [-0.25, -0.2) is 8.42 Å². The molecule has 3 rings (SSSR count). The number of likely N-dealkylation sites (tertiary alicyclic amines) is 1. The Hall–Kier alpha value is -1.74. The average molecular weight is 473 g/mol. The molecule has 2 unspecified atom stereocenters. The summed E-state index contributed by atoms with van der Waals surface area (Å²) < 4.78 is 30.5. The van der Waals surface area contributed by atoms with Gasteiger partial charge in [-0.3, -0.25) is 4.79 Å². The van der Waals surface area contributed by atoms with E-state index in [0.29, 0.717) is 31.4 Å². The molecule has 2 aromatic rings. The van der Waals surface area contributed by atoms with Crippen LogP contribution in [0.1, 0.15) is 26.2 Å². The molecule has 0 bridgehead atoms. The Labute approximate surface area is 187 Å². The number of benzene rings is 1. The smallest absolute Gasteiger partial charge is 0.244 e. The molecule has 0 aliphatic carbocycles. The van der Waals surface area contributed by atoms with Gasteiger partial charge in [0, 0.05) is 25.8 Å². The molecule has 1 fully saturated rings. The van der Waals surface area contributed by atoms with Crippen molar-refractivity contribution >= 4 is 45.0 Å². The molecular weight excluding hydrogens is 447 g/mol. The number of aryl methyl sites for hydroxylation is 1. The van der Waals surface area contributed by atoms with Gasteiger partial charge in [0.25, 0.3) is 0 Å². The highest BCUT2D eigenvalue weighted by Gasteiger charge is 2.32. The number of carbonyl (C=O) groups is 1. The molecule has 1 aliphatic heterocycles. The van der Waals surface area contributed by atoms with Gasteiger partial charge >= 0.3 is 0 Å². The summed E-state index contributed by atoms with van der Waals surface area (Å²) in [5.41, 5.74) is 5.92. The number of hydrogen-bond acceptors (Lipinski definition) is 4. The second-order valence-corrected chi connectivity index (χ2v) is 10.1. The number of nitrogen functional groups attached to an aromatic ring is 1. The molecule has 2 heterocycles. The highest BCUT2D eigenvalue weighted by Crippen LogP contribution is 2.29. The van der Waals surface area contributed by atoms with E-state index in [4.69, 9.17) is 28.9 Å². The number of amides is 1. The van der Waals surface area contributed by atoms with Crippen molar-refractivity contribution in [3.63, 3.8) is 0 Å². The van der Waals surface area contributed by atoms with E-state index >= 15 is 0 Å². The predicted molar refractivity (Wildman–Crippen MR) is 119 cm³/mol. The van der Waals surface area contributed by atoms with Crippen molar-refractivity contribution in [2.75, 3.05) is 18.8 Å². The third-order valence-electron chi connectivity index (χ3n) is 5.28. The molecule has 0 radical (unpaired) electrons. The van der Waals surface area contributed by atoms with E-state index in [1.807, 2.05) is 0 Å². The number of aromatic nitrogens is 1. The lowest BCUT2D eigenvalue weighted by Crippen LogP contribution is -2.51. The average Bonchev–Trinajstić information content (AvgIpc) is 3.09. The second-order valence-electron chi connectivity index (χ2n) is 7.67. The van der Waals surface area contributed by atoms with E-state index < -0.39 is 16.1 Å². The van der Waals surface area contributed by atoms with E-state index in [2.05, 4.69) is 11.6 Å². The molecule has 2 atom stereocenters. The summed E-state index contributed by atoms with van der Waals surface area (Å²) in [5, 5.41) is 0.00453. The number of nitrogens with zero attached hydrogens (tertiary/aromatic N) is 2. The third kappa shape index (κ3) is 5.29. The van der Waals surface area contributed by atoms with Crippen molar-refractivity contribution in [1.82, 2.24) is 14.2 Å². The lowest BCUT2D eigenvalue weighted by atomic mass is 9.99. The van der Waals surface area contributed by atoms with Gasteiger partial charge in [-0.15, -0.1) is 0 Å². The molecular formula is C20H26Cl2N4O3S. The van der Waals surface area contributed by atoms with E-state index in [0.717, 1.165) is 12.8 Å². The number of nitrogens with two attached hydrogens (primary N) is 1. The van der Waals surface area contributed by atoms with Crippen LogP contribution in [0.5, 0.6) is 0 Å². The van der Waals surface area contributed by atoms with Gasteiger partial charge in [-0.1, -0.05) is 36.2 Å². The quantitative estimate of drug-likeness (QED) is 0.645. The fraction of sp³-hybridized carbons (Fsp3) is 0.450. The third-order valence-corrected chi connectivity index (χ3v) is 7.70. The van der Waals surface area contributed by atoms with Crippen LogP contribution in [-0.2, 0) is 21.4 Å². The molecule has 10 heteroatoms. The van der Waals surface area contributed by atoms with Crippen LogP contribution in [0.4, 0.5) is 5.82 Å². The molecule has 1 amide bonds. The van der Waals surface area contributed by atoms with E-state index in [1.54, 1.807) is 33.9 Å². The molecule has 164 valence electrons. The summed E-state index contributed by atoms with van der Waals surface area (Å²) in [7, 11) is -4.12. The van der Waals surface area contributed by atoms with Crippen LogP contribution >= 0.6 is 23.2 Å². The van der Waals surface area contributed by atoms with Crippen molar-refractivity contribution in [3.05, 3.63) is 46.6 Å². The van der Waals surface area contributed by atoms with Crippen LogP contribution in [0, 0.1) is 5.92 Å². The van der Waals surface area contributed by atoms with Crippen LogP contribution < -0.4 is 10.5 Å². The first kappa shape index (κ1) is 22.9. The SMILES string of the molecule is CC1CCCN(C(=O)C(CCn2cccc2N)NS(=O)(=O)c2c(Cl)cccc2Cl)C1. The Kier molecular flexibility index (Phi) is 7.34. The number of piperidine rings is 1. The van der Waals surface area contributed by atoms with Crippen LogP contribution in [0.2, 0.25) is 10.0 Å². The zero-order chi connectivity index (χ0) is 21.9. The normalized spacial score (nSPS) is 18.4.